The van der Waals surface area contributed by atoms with Crippen molar-refractivity contribution in [3.8, 4) is 0 Å². The van der Waals surface area contributed by atoms with Crippen molar-refractivity contribution in [3.63, 3.8) is 0 Å². The summed E-state index contributed by atoms with van der Waals surface area (Å²) in [5.74, 6) is 2.45. The fourth-order valence-electron chi connectivity index (χ4n) is 3.35. The highest BCUT2D eigenvalue weighted by molar-refractivity contribution is 5.79. The van der Waals surface area contributed by atoms with Gasteiger partial charge in [0.25, 0.3) is 0 Å². The van der Waals surface area contributed by atoms with Crippen molar-refractivity contribution in [2.24, 2.45) is 4.99 Å². The van der Waals surface area contributed by atoms with E-state index in [-0.39, 0.29) is 11.3 Å². The number of rotatable bonds is 7. The normalized spacial score (nSPS) is 15.0. The van der Waals surface area contributed by atoms with Crippen LogP contribution in [0.15, 0.2) is 39.9 Å². The van der Waals surface area contributed by atoms with E-state index < -0.39 is 0 Å². The Balaban J connectivity index is 1.64. The molecule has 3 rings (SSSR count). The van der Waals surface area contributed by atoms with E-state index in [1.807, 2.05) is 24.0 Å². The van der Waals surface area contributed by atoms with Crippen molar-refractivity contribution in [2.75, 3.05) is 13.1 Å². The molecule has 7 nitrogen and oxygen atoms in total. The number of hydrogen-bond donors (Lipinski definition) is 2. The highest BCUT2D eigenvalue weighted by Crippen LogP contribution is 2.22. The Kier molecular flexibility index (Phi) is 7.13. The summed E-state index contributed by atoms with van der Waals surface area (Å²) in [5, 5.41) is 6.55. The molecule has 1 saturated heterocycles. The van der Waals surface area contributed by atoms with Gasteiger partial charge < -0.3 is 20.0 Å². The molecule has 1 amide bonds. The molecule has 0 atom stereocenters. The largest absolute Gasteiger partial charge is 0.443 e. The number of carbonyl (C=O) groups excluding carboxylic acids is 1. The number of likely N-dealkylation sites (tertiary alicyclic amines) is 1. The fourth-order valence-corrected chi connectivity index (χ4v) is 3.35. The third-order valence-corrected chi connectivity index (χ3v) is 5.10. The van der Waals surface area contributed by atoms with E-state index in [0.717, 1.165) is 36.4 Å². The second kappa shape index (κ2) is 9.78. The third-order valence-electron chi connectivity index (χ3n) is 5.10. The number of aliphatic imine (C=N–C) groups is 1. The van der Waals surface area contributed by atoms with E-state index in [0.29, 0.717) is 37.9 Å². The first-order valence-corrected chi connectivity index (χ1v) is 10.7. The standard InChI is InChI=1S/C23H33N5O2/c1-5-24-22(27-15-20-25-14-19(30-20)23(2,3)4)26-13-17-9-6-7-10-18(17)16-28-12-8-11-21(28)29/h6-7,9-10,14H,5,8,11-13,15-16H2,1-4H3,(H2,24,26,27). The van der Waals surface area contributed by atoms with Crippen molar-refractivity contribution >= 4 is 11.9 Å². The van der Waals surface area contributed by atoms with Gasteiger partial charge in [-0.3, -0.25) is 4.79 Å². The number of hydrogen-bond acceptors (Lipinski definition) is 4. The fraction of sp³-hybridized carbons (Fsp3) is 0.522. The van der Waals surface area contributed by atoms with E-state index in [9.17, 15) is 4.79 Å². The van der Waals surface area contributed by atoms with Crippen LogP contribution in [-0.4, -0.2) is 34.8 Å². The van der Waals surface area contributed by atoms with Crippen LogP contribution in [0.5, 0.6) is 0 Å². The summed E-state index contributed by atoms with van der Waals surface area (Å²) in [6.07, 6.45) is 3.40. The van der Waals surface area contributed by atoms with Crippen LogP contribution in [0.25, 0.3) is 0 Å². The van der Waals surface area contributed by atoms with Gasteiger partial charge >= 0.3 is 0 Å². The molecule has 1 aliphatic rings. The number of carbonyl (C=O) groups is 1. The smallest absolute Gasteiger partial charge is 0.222 e. The lowest BCUT2D eigenvalue weighted by molar-refractivity contribution is -0.128. The Morgan fingerprint density at radius 3 is 2.63 bits per heavy atom. The molecule has 0 bridgehead atoms. The molecule has 0 unspecified atom stereocenters. The van der Waals surface area contributed by atoms with Gasteiger partial charge in [-0.1, -0.05) is 45.0 Å². The summed E-state index contributed by atoms with van der Waals surface area (Å²) >= 11 is 0. The minimum atomic E-state index is -0.0652. The van der Waals surface area contributed by atoms with E-state index >= 15 is 0 Å². The van der Waals surface area contributed by atoms with Crippen LogP contribution in [0.1, 0.15) is 63.3 Å². The summed E-state index contributed by atoms with van der Waals surface area (Å²) < 4.78 is 5.85. The van der Waals surface area contributed by atoms with Crippen LogP contribution in [0, 0.1) is 0 Å². The molecule has 1 aromatic carbocycles. The minimum Gasteiger partial charge on any atom is -0.443 e. The number of nitrogens with zero attached hydrogens (tertiary/aromatic N) is 3. The minimum absolute atomic E-state index is 0.0652. The summed E-state index contributed by atoms with van der Waals surface area (Å²) in [6.45, 7) is 11.6. The van der Waals surface area contributed by atoms with Gasteiger partial charge in [0, 0.05) is 31.5 Å². The number of guanidine groups is 1. The third kappa shape index (κ3) is 5.84. The van der Waals surface area contributed by atoms with Gasteiger partial charge in [-0.2, -0.15) is 0 Å². The van der Waals surface area contributed by atoms with Crippen LogP contribution in [-0.2, 0) is 29.8 Å². The SMILES string of the molecule is CCNC(=NCc1ccccc1CN1CCCC1=O)NCc1ncc(C(C)(C)C)o1. The molecule has 2 heterocycles. The van der Waals surface area contributed by atoms with Crippen molar-refractivity contribution < 1.29 is 9.21 Å². The van der Waals surface area contributed by atoms with Crippen molar-refractivity contribution in [1.82, 2.24) is 20.5 Å². The molecular formula is C23H33N5O2. The Labute approximate surface area is 179 Å². The monoisotopic (exact) mass is 411 g/mol. The first-order chi connectivity index (χ1) is 14.4. The Morgan fingerprint density at radius 2 is 2.00 bits per heavy atom. The molecule has 1 aromatic heterocycles. The topological polar surface area (TPSA) is 82.8 Å². The lowest BCUT2D eigenvalue weighted by Crippen LogP contribution is -2.36. The molecule has 0 radical (unpaired) electrons. The maximum absolute atomic E-state index is 12.0. The van der Waals surface area contributed by atoms with Gasteiger partial charge in [0.15, 0.2) is 5.96 Å². The molecule has 162 valence electrons. The van der Waals surface area contributed by atoms with E-state index in [1.54, 1.807) is 6.20 Å². The zero-order valence-corrected chi connectivity index (χ0v) is 18.5. The van der Waals surface area contributed by atoms with Crippen molar-refractivity contribution in [1.29, 1.82) is 0 Å². The number of oxazole rings is 1. The van der Waals surface area contributed by atoms with Gasteiger partial charge in [0.1, 0.15) is 5.76 Å². The van der Waals surface area contributed by atoms with Crippen LogP contribution in [0.4, 0.5) is 0 Å². The van der Waals surface area contributed by atoms with Crippen LogP contribution in [0.2, 0.25) is 0 Å². The molecule has 30 heavy (non-hydrogen) atoms. The van der Waals surface area contributed by atoms with E-state index in [4.69, 9.17) is 9.41 Å². The summed E-state index contributed by atoms with van der Waals surface area (Å²) in [7, 11) is 0. The summed E-state index contributed by atoms with van der Waals surface area (Å²) in [6, 6.07) is 8.19. The van der Waals surface area contributed by atoms with Crippen LogP contribution in [0.3, 0.4) is 0 Å². The van der Waals surface area contributed by atoms with Gasteiger partial charge in [-0.15, -0.1) is 0 Å². The lowest BCUT2D eigenvalue weighted by Gasteiger charge is -2.18. The molecular weight excluding hydrogens is 378 g/mol. The number of nitrogens with one attached hydrogen (secondary N) is 2. The molecule has 2 aromatic rings. The molecule has 2 N–H and O–H groups in total. The zero-order chi connectivity index (χ0) is 21.6. The average molecular weight is 412 g/mol. The van der Waals surface area contributed by atoms with Crippen molar-refractivity contribution in [3.05, 3.63) is 53.2 Å². The molecule has 0 aliphatic carbocycles. The first-order valence-electron chi connectivity index (χ1n) is 10.7. The quantitative estimate of drug-likeness (QED) is 0.539. The predicted octanol–water partition coefficient (Wildman–Crippen LogP) is 3.35. The molecule has 1 aliphatic heterocycles. The maximum Gasteiger partial charge on any atom is 0.222 e. The maximum atomic E-state index is 12.0. The predicted molar refractivity (Wildman–Crippen MR) is 118 cm³/mol. The first kappa shape index (κ1) is 21.9. The molecule has 7 heteroatoms. The number of benzene rings is 1. The van der Waals surface area contributed by atoms with E-state index in [1.165, 1.54) is 0 Å². The molecule has 0 saturated carbocycles. The lowest BCUT2D eigenvalue weighted by atomic mass is 9.94. The second-order valence-corrected chi connectivity index (χ2v) is 8.60. The van der Waals surface area contributed by atoms with Gasteiger partial charge in [-0.05, 0) is 24.5 Å². The molecule has 1 fully saturated rings. The Bertz CT molecular complexity index is 882. The Morgan fingerprint density at radius 1 is 1.23 bits per heavy atom. The van der Waals surface area contributed by atoms with Crippen LogP contribution >= 0.6 is 0 Å². The highest BCUT2D eigenvalue weighted by Gasteiger charge is 2.21. The van der Waals surface area contributed by atoms with Gasteiger partial charge in [-0.25, -0.2) is 9.98 Å². The summed E-state index contributed by atoms with van der Waals surface area (Å²) in [5.41, 5.74) is 2.21. The number of amides is 1. The van der Waals surface area contributed by atoms with Crippen molar-refractivity contribution in [2.45, 2.75) is 65.6 Å². The average Bonchev–Trinajstić information content (AvgIpc) is 3.34. The highest BCUT2D eigenvalue weighted by atomic mass is 16.4. The van der Waals surface area contributed by atoms with Gasteiger partial charge in [0.2, 0.25) is 11.8 Å². The van der Waals surface area contributed by atoms with Crippen LogP contribution < -0.4 is 10.6 Å². The molecule has 0 spiro atoms. The zero-order valence-electron chi connectivity index (χ0n) is 18.5. The number of aromatic nitrogens is 1. The Hall–Kier alpha value is -2.83. The van der Waals surface area contributed by atoms with Gasteiger partial charge in [0.05, 0.1) is 19.3 Å². The van der Waals surface area contributed by atoms with E-state index in [2.05, 4.69) is 48.5 Å². The second-order valence-electron chi connectivity index (χ2n) is 8.60. The summed E-state index contributed by atoms with van der Waals surface area (Å²) in [4.78, 5) is 23.0.